The summed E-state index contributed by atoms with van der Waals surface area (Å²) in [4.78, 5) is 45.2. The summed E-state index contributed by atoms with van der Waals surface area (Å²) in [6.45, 7) is 0.599. The third kappa shape index (κ3) is 2.45. The molecule has 0 aromatic heterocycles. The van der Waals surface area contributed by atoms with E-state index in [2.05, 4.69) is 15.5 Å². The van der Waals surface area contributed by atoms with Gasteiger partial charge in [-0.1, -0.05) is 59.6 Å². The number of rotatable bonds is 2. The molecule has 2 fully saturated rings. The van der Waals surface area contributed by atoms with Gasteiger partial charge in [0.25, 0.3) is 0 Å². The van der Waals surface area contributed by atoms with E-state index in [1.807, 2.05) is 48.5 Å². The maximum atomic E-state index is 14.7. The van der Waals surface area contributed by atoms with Crippen molar-refractivity contribution in [3.8, 4) is 0 Å². The summed E-state index contributed by atoms with van der Waals surface area (Å²) in [5.74, 6) is -1.92. The number of Topliss-reactive ketones (excluding diaryl/α,β-unsaturated/α-hetero) is 1. The number of benzene rings is 3. The lowest BCUT2D eigenvalue weighted by Gasteiger charge is -2.38. The number of nitrogens with zero attached hydrogens (tertiary/aromatic N) is 1. The third-order valence-corrected chi connectivity index (χ3v) is 9.04. The van der Waals surface area contributed by atoms with Crippen LogP contribution < -0.4 is 10.6 Å². The lowest BCUT2D eigenvalue weighted by molar-refractivity contribution is -0.128. The van der Waals surface area contributed by atoms with Crippen LogP contribution in [0.3, 0.4) is 0 Å². The molecular formula is C28H21Cl2N3O3. The van der Waals surface area contributed by atoms with Crippen LogP contribution in [-0.2, 0) is 20.5 Å². The molecule has 7 rings (SSSR count). The van der Waals surface area contributed by atoms with Crippen LogP contribution in [0.4, 0.5) is 11.4 Å². The van der Waals surface area contributed by atoms with E-state index in [1.165, 1.54) is 6.07 Å². The van der Waals surface area contributed by atoms with Crippen LogP contribution >= 0.6 is 23.2 Å². The molecule has 0 aliphatic carbocycles. The normalized spacial score (nSPS) is 29.8. The van der Waals surface area contributed by atoms with Gasteiger partial charge in [-0.15, -0.1) is 0 Å². The Balaban J connectivity index is 1.59. The number of nitrogens with one attached hydrogen (secondary N) is 2. The Morgan fingerprint density at radius 1 is 0.889 bits per heavy atom. The second kappa shape index (κ2) is 7.42. The molecule has 4 atom stereocenters. The predicted molar refractivity (Wildman–Crippen MR) is 138 cm³/mol. The molecule has 2 N–H and O–H groups in total. The molecule has 36 heavy (non-hydrogen) atoms. The summed E-state index contributed by atoms with van der Waals surface area (Å²) in [5, 5.41) is 6.67. The van der Waals surface area contributed by atoms with Crippen LogP contribution in [0.15, 0.2) is 66.7 Å². The Bertz CT molecular complexity index is 1430. The third-order valence-electron chi connectivity index (χ3n) is 8.49. The minimum absolute atomic E-state index is 0.197. The number of hydrogen-bond acceptors (Lipinski definition) is 4. The standard InChI is InChI=1S/C28H21Cl2N3O3/c29-15-11-12-16(19(30)14-15)23(34)24-27(17-6-1-3-8-20(17)31-25(27)35)22-10-5-13-33(22)28(24)18-7-2-4-9-21(18)32-26(28)36/h1-4,6-9,11-12,14,22,24H,5,10,13H2,(H,31,35)(H,32,36)/t22-,24+,27-,28+/m0/s1. The first kappa shape index (κ1) is 22.0. The first-order valence-electron chi connectivity index (χ1n) is 12.0. The van der Waals surface area contributed by atoms with Gasteiger partial charge in [-0.2, -0.15) is 0 Å². The molecule has 0 radical (unpaired) electrons. The Morgan fingerprint density at radius 2 is 1.56 bits per heavy atom. The number of amides is 2. The molecule has 180 valence electrons. The summed E-state index contributed by atoms with van der Waals surface area (Å²) in [6, 6.07) is 19.4. The number of carbonyl (C=O) groups excluding carboxylic acids is 3. The molecule has 2 amide bonds. The molecule has 0 saturated carbocycles. The topological polar surface area (TPSA) is 78.5 Å². The van der Waals surface area contributed by atoms with E-state index in [0.717, 1.165) is 17.5 Å². The average Bonchev–Trinajstić information content (AvgIpc) is 3.58. The van der Waals surface area contributed by atoms with E-state index in [1.54, 1.807) is 12.1 Å². The molecule has 6 nitrogen and oxygen atoms in total. The minimum Gasteiger partial charge on any atom is -0.325 e. The largest absolute Gasteiger partial charge is 0.325 e. The first-order chi connectivity index (χ1) is 17.4. The Morgan fingerprint density at radius 3 is 2.31 bits per heavy atom. The van der Waals surface area contributed by atoms with Crippen molar-refractivity contribution in [3.05, 3.63) is 93.5 Å². The van der Waals surface area contributed by atoms with Gasteiger partial charge in [0.05, 0.1) is 10.9 Å². The molecule has 3 aromatic rings. The van der Waals surface area contributed by atoms with Crippen LogP contribution in [0, 0.1) is 5.92 Å². The molecule has 2 saturated heterocycles. The van der Waals surface area contributed by atoms with Crippen LogP contribution in [0.25, 0.3) is 0 Å². The molecule has 4 heterocycles. The number of halogens is 2. The van der Waals surface area contributed by atoms with Crippen LogP contribution in [0.1, 0.15) is 34.3 Å². The fourth-order valence-corrected chi connectivity index (χ4v) is 7.85. The number of para-hydroxylation sites is 2. The smallest absolute Gasteiger partial charge is 0.250 e. The van der Waals surface area contributed by atoms with E-state index in [0.29, 0.717) is 29.4 Å². The first-order valence-corrected chi connectivity index (χ1v) is 12.7. The summed E-state index contributed by atoms with van der Waals surface area (Å²) in [7, 11) is 0. The van der Waals surface area contributed by atoms with Crippen molar-refractivity contribution < 1.29 is 14.4 Å². The second-order valence-corrected chi connectivity index (χ2v) is 10.8. The highest BCUT2D eigenvalue weighted by Crippen LogP contribution is 2.66. The SMILES string of the molecule is O=C(c1ccc(Cl)cc1Cl)[C@@H]1[C@@]2(C(=O)Nc3ccccc32)[C@@H]2CCCN2[C@@]12C(=O)Nc1ccccc12. The zero-order chi connectivity index (χ0) is 24.8. The summed E-state index contributed by atoms with van der Waals surface area (Å²) >= 11 is 12.7. The van der Waals surface area contributed by atoms with E-state index < -0.39 is 16.9 Å². The number of anilines is 2. The van der Waals surface area contributed by atoms with Crippen molar-refractivity contribution >= 4 is 52.2 Å². The Labute approximate surface area is 217 Å². The summed E-state index contributed by atoms with van der Waals surface area (Å²) in [6.07, 6.45) is 1.51. The van der Waals surface area contributed by atoms with Crippen LogP contribution in [0.2, 0.25) is 10.0 Å². The van der Waals surface area contributed by atoms with Crippen molar-refractivity contribution in [3.63, 3.8) is 0 Å². The zero-order valence-corrected chi connectivity index (χ0v) is 20.6. The minimum atomic E-state index is -1.35. The molecule has 0 unspecified atom stereocenters. The van der Waals surface area contributed by atoms with Gasteiger partial charge in [-0.3, -0.25) is 19.3 Å². The number of ketones is 1. The van der Waals surface area contributed by atoms with Crippen LogP contribution in [-0.4, -0.2) is 35.1 Å². The van der Waals surface area contributed by atoms with E-state index in [9.17, 15) is 14.4 Å². The van der Waals surface area contributed by atoms with Gasteiger partial charge >= 0.3 is 0 Å². The van der Waals surface area contributed by atoms with Crippen molar-refractivity contribution in [1.29, 1.82) is 0 Å². The fraction of sp³-hybridized carbons (Fsp3) is 0.250. The molecule has 3 aromatic carbocycles. The van der Waals surface area contributed by atoms with Crippen molar-refractivity contribution in [1.82, 2.24) is 4.90 Å². The fourth-order valence-electron chi connectivity index (χ4n) is 7.35. The monoisotopic (exact) mass is 517 g/mol. The maximum Gasteiger partial charge on any atom is 0.250 e. The van der Waals surface area contributed by atoms with Gasteiger partial charge in [-0.05, 0) is 55.3 Å². The lowest BCUT2D eigenvalue weighted by atomic mass is 9.60. The summed E-state index contributed by atoms with van der Waals surface area (Å²) < 4.78 is 0. The molecule has 8 heteroatoms. The van der Waals surface area contributed by atoms with Gasteiger partial charge in [0, 0.05) is 33.6 Å². The number of fused-ring (bicyclic) bond motifs is 7. The highest BCUT2D eigenvalue weighted by atomic mass is 35.5. The van der Waals surface area contributed by atoms with E-state index in [4.69, 9.17) is 23.2 Å². The van der Waals surface area contributed by atoms with Gasteiger partial charge in [0.2, 0.25) is 11.8 Å². The summed E-state index contributed by atoms with van der Waals surface area (Å²) in [5.41, 5.74) is 0.452. The second-order valence-electron chi connectivity index (χ2n) is 9.91. The van der Waals surface area contributed by atoms with E-state index in [-0.39, 0.29) is 34.2 Å². The van der Waals surface area contributed by atoms with E-state index >= 15 is 0 Å². The van der Waals surface area contributed by atoms with Gasteiger partial charge in [-0.25, -0.2) is 0 Å². The molecule has 4 aliphatic rings. The zero-order valence-electron chi connectivity index (χ0n) is 19.1. The van der Waals surface area contributed by atoms with Gasteiger partial charge in [0.15, 0.2) is 5.78 Å². The lowest BCUT2D eigenvalue weighted by Crippen LogP contribution is -2.55. The molecule has 4 aliphatic heterocycles. The Kier molecular flexibility index (Phi) is 4.54. The number of carbonyl (C=O) groups is 3. The maximum absolute atomic E-state index is 14.7. The predicted octanol–water partition coefficient (Wildman–Crippen LogP) is 5.01. The quantitative estimate of drug-likeness (QED) is 0.468. The molecule has 0 bridgehead atoms. The highest BCUT2D eigenvalue weighted by Gasteiger charge is 2.78. The highest BCUT2D eigenvalue weighted by molar-refractivity contribution is 6.37. The average molecular weight is 518 g/mol. The van der Waals surface area contributed by atoms with Crippen molar-refractivity contribution in [2.24, 2.45) is 5.92 Å². The van der Waals surface area contributed by atoms with Crippen molar-refractivity contribution in [2.45, 2.75) is 29.8 Å². The Hall–Kier alpha value is -3.19. The molecule has 2 spiro atoms. The van der Waals surface area contributed by atoms with Gasteiger partial charge in [0.1, 0.15) is 11.0 Å². The van der Waals surface area contributed by atoms with Crippen LogP contribution in [0.5, 0.6) is 0 Å². The molecular weight excluding hydrogens is 497 g/mol. The van der Waals surface area contributed by atoms with Gasteiger partial charge < -0.3 is 10.6 Å². The number of hydrogen-bond donors (Lipinski definition) is 2. The van der Waals surface area contributed by atoms with Crippen molar-refractivity contribution in [2.75, 3.05) is 17.2 Å².